The molecule has 1 heterocycles. The van der Waals surface area contributed by atoms with Gasteiger partial charge in [-0.25, -0.2) is 0 Å². The summed E-state index contributed by atoms with van der Waals surface area (Å²) in [5, 5.41) is 7.68. The smallest absolute Gasteiger partial charge is 0.129 e. The van der Waals surface area contributed by atoms with Crippen LogP contribution in [0, 0.1) is 5.41 Å². The van der Waals surface area contributed by atoms with Crippen molar-refractivity contribution in [2.45, 2.75) is 18.6 Å². The van der Waals surface area contributed by atoms with Gasteiger partial charge >= 0.3 is 0 Å². The molecule has 0 amide bonds. The van der Waals surface area contributed by atoms with Gasteiger partial charge in [-0.1, -0.05) is 13.0 Å². The quantitative estimate of drug-likeness (QED) is 0.428. The van der Waals surface area contributed by atoms with Gasteiger partial charge in [-0.15, -0.1) is 11.8 Å². The molecular formula is C6H10N2S. The van der Waals surface area contributed by atoms with E-state index in [1.807, 2.05) is 6.08 Å². The summed E-state index contributed by atoms with van der Waals surface area (Å²) in [6.45, 7) is 2.14. The Labute approximate surface area is 59.0 Å². The van der Waals surface area contributed by atoms with Crippen LogP contribution in [-0.2, 0) is 0 Å². The lowest BCUT2D eigenvalue weighted by Crippen LogP contribution is -2.09. The van der Waals surface area contributed by atoms with E-state index in [0.29, 0.717) is 5.25 Å². The van der Waals surface area contributed by atoms with Crippen molar-refractivity contribution in [1.29, 1.82) is 5.41 Å². The first kappa shape index (κ1) is 6.68. The van der Waals surface area contributed by atoms with Crippen molar-refractivity contribution in [3.05, 3.63) is 11.0 Å². The van der Waals surface area contributed by atoms with Gasteiger partial charge in [0.05, 0.1) is 0 Å². The molecule has 9 heavy (non-hydrogen) atoms. The van der Waals surface area contributed by atoms with Gasteiger partial charge in [-0.05, 0) is 6.42 Å². The molecule has 0 saturated carbocycles. The fourth-order valence-corrected chi connectivity index (χ4v) is 1.70. The van der Waals surface area contributed by atoms with Crippen LogP contribution >= 0.6 is 11.8 Å². The number of allylic oxidation sites excluding steroid dienone is 1. The van der Waals surface area contributed by atoms with Crippen LogP contribution in [0.4, 0.5) is 0 Å². The summed E-state index contributed by atoms with van der Waals surface area (Å²) in [5.41, 5.74) is 5.25. The summed E-state index contributed by atoms with van der Waals surface area (Å²) in [6.07, 6.45) is 3.08. The molecule has 1 aliphatic rings. The SMILES string of the molecule is CC1CC=C(C(=N)N)S1. The molecule has 0 aromatic rings. The van der Waals surface area contributed by atoms with Crippen LogP contribution in [-0.4, -0.2) is 11.1 Å². The number of hydrogen-bond acceptors (Lipinski definition) is 2. The van der Waals surface area contributed by atoms with E-state index < -0.39 is 0 Å². The zero-order chi connectivity index (χ0) is 6.85. The van der Waals surface area contributed by atoms with E-state index in [-0.39, 0.29) is 5.84 Å². The van der Waals surface area contributed by atoms with Crippen molar-refractivity contribution in [2.75, 3.05) is 0 Å². The molecule has 2 nitrogen and oxygen atoms in total. The molecule has 1 aliphatic heterocycles. The minimum Gasteiger partial charge on any atom is -0.383 e. The van der Waals surface area contributed by atoms with Crippen LogP contribution in [0.3, 0.4) is 0 Å². The summed E-state index contributed by atoms with van der Waals surface area (Å²) in [4.78, 5) is 0.947. The van der Waals surface area contributed by atoms with Gasteiger partial charge in [0, 0.05) is 10.2 Å². The second-order valence-electron chi connectivity index (χ2n) is 2.15. The van der Waals surface area contributed by atoms with E-state index in [2.05, 4.69) is 6.92 Å². The number of hydrogen-bond donors (Lipinski definition) is 2. The Balaban J connectivity index is 2.55. The van der Waals surface area contributed by atoms with Crippen LogP contribution < -0.4 is 5.73 Å². The number of rotatable bonds is 1. The molecule has 3 N–H and O–H groups in total. The van der Waals surface area contributed by atoms with Crippen molar-refractivity contribution < 1.29 is 0 Å². The molecule has 0 aromatic heterocycles. The highest BCUT2D eigenvalue weighted by atomic mass is 32.2. The maximum atomic E-state index is 7.07. The minimum atomic E-state index is 0.212. The summed E-state index contributed by atoms with van der Waals surface area (Å²) >= 11 is 1.69. The topological polar surface area (TPSA) is 49.9 Å². The number of nitrogens with one attached hydrogen (secondary N) is 1. The fraction of sp³-hybridized carbons (Fsp3) is 0.500. The predicted molar refractivity (Wildman–Crippen MR) is 41.7 cm³/mol. The average Bonchev–Trinajstić information content (AvgIpc) is 2.14. The third kappa shape index (κ3) is 1.48. The van der Waals surface area contributed by atoms with E-state index in [1.54, 1.807) is 11.8 Å². The van der Waals surface area contributed by atoms with Crippen molar-refractivity contribution in [3.8, 4) is 0 Å². The molecule has 0 aliphatic carbocycles. The Hall–Kier alpha value is -0.440. The Morgan fingerprint density at radius 1 is 2.00 bits per heavy atom. The van der Waals surface area contributed by atoms with E-state index in [4.69, 9.17) is 11.1 Å². The zero-order valence-electron chi connectivity index (χ0n) is 5.35. The van der Waals surface area contributed by atoms with Crippen molar-refractivity contribution >= 4 is 17.6 Å². The highest BCUT2D eigenvalue weighted by Gasteiger charge is 2.14. The highest BCUT2D eigenvalue weighted by Crippen LogP contribution is 2.30. The molecule has 1 atom stereocenters. The number of nitrogens with two attached hydrogens (primary N) is 1. The van der Waals surface area contributed by atoms with Gasteiger partial charge in [0.2, 0.25) is 0 Å². The number of thioether (sulfide) groups is 1. The zero-order valence-corrected chi connectivity index (χ0v) is 6.16. The van der Waals surface area contributed by atoms with Crippen molar-refractivity contribution in [1.82, 2.24) is 0 Å². The van der Waals surface area contributed by atoms with Gasteiger partial charge in [-0.3, -0.25) is 5.41 Å². The third-order valence-electron chi connectivity index (χ3n) is 1.23. The normalized spacial score (nSPS) is 25.9. The molecule has 0 saturated heterocycles. The molecule has 1 rings (SSSR count). The van der Waals surface area contributed by atoms with Gasteiger partial charge in [0.1, 0.15) is 5.84 Å². The van der Waals surface area contributed by atoms with Gasteiger partial charge < -0.3 is 5.73 Å². The monoisotopic (exact) mass is 142 g/mol. The van der Waals surface area contributed by atoms with Gasteiger partial charge in [0.15, 0.2) is 0 Å². The maximum absolute atomic E-state index is 7.07. The van der Waals surface area contributed by atoms with E-state index >= 15 is 0 Å². The fourth-order valence-electron chi connectivity index (χ4n) is 0.759. The van der Waals surface area contributed by atoms with Gasteiger partial charge in [0.25, 0.3) is 0 Å². The van der Waals surface area contributed by atoms with Crippen LogP contribution in [0.15, 0.2) is 11.0 Å². The Kier molecular flexibility index (Phi) is 1.81. The lowest BCUT2D eigenvalue weighted by Gasteiger charge is -1.99. The van der Waals surface area contributed by atoms with E-state index in [9.17, 15) is 0 Å². The summed E-state index contributed by atoms with van der Waals surface area (Å²) in [5.74, 6) is 0.212. The van der Waals surface area contributed by atoms with Crippen LogP contribution in [0.25, 0.3) is 0 Å². The molecule has 0 radical (unpaired) electrons. The van der Waals surface area contributed by atoms with Gasteiger partial charge in [-0.2, -0.15) is 0 Å². The first-order chi connectivity index (χ1) is 4.20. The number of amidine groups is 1. The summed E-state index contributed by atoms with van der Waals surface area (Å²) < 4.78 is 0. The standard InChI is InChI=1S/C6H10N2S/c1-4-2-3-5(9-4)6(7)8/h3-4H,2H2,1H3,(H3,7,8). The molecule has 50 valence electrons. The predicted octanol–water partition coefficient (Wildman–Crippen LogP) is 1.33. The lowest BCUT2D eigenvalue weighted by atomic mass is 10.3. The largest absolute Gasteiger partial charge is 0.383 e. The van der Waals surface area contributed by atoms with E-state index in [1.165, 1.54) is 0 Å². The molecule has 3 heteroatoms. The summed E-state index contributed by atoms with van der Waals surface area (Å²) in [7, 11) is 0. The van der Waals surface area contributed by atoms with Crippen LogP contribution in [0.1, 0.15) is 13.3 Å². The lowest BCUT2D eigenvalue weighted by molar-refractivity contribution is 1.00. The summed E-state index contributed by atoms with van der Waals surface area (Å²) in [6, 6.07) is 0. The van der Waals surface area contributed by atoms with Crippen molar-refractivity contribution in [2.24, 2.45) is 5.73 Å². The first-order valence-electron chi connectivity index (χ1n) is 2.91. The highest BCUT2D eigenvalue weighted by molar-refractivity contribution is 8.04. The molecule has 0 bridgehead atoms. The average molecular weight is 142 g/mol. The van der Waals surface area contributed by atoms with E-state index in [0.717, 1.165) is 11.3 Å². The molecule has 1 unspecified atom stereocenters. The molecule has 0 spiro atoms. The Morgan fingerprint density at radius 2 is 2.67 bits per heavy atom. The second kappa shape index (κ2) is 2.43. The molecular weight excluding hydrogens is 132 g/mol. The molecule has 0 fully saturated rings. The Morgan fingerprint density at radius 3 is 2.89 bits per heavy atom. The minimum absolute atomic E-state index is 0.212. The maximum Gasteiger partial charge on any atom is 0.129 e. The first-order valence-corrected chi connectivity index (χ1v) is 3.79. The second-order valence-corrected chi connectivity index (χ2v) is 3.63. The Bertz CT molecular complexity index is 162. The van der Waals surface area contributed by atoms with Crippen LogP contribution in [0.2, 0.25) is 0 Å². The van der Waals surface area contributed by atoms with Crippen LogP contribution in [0.5, 0.6) is 0 Å². The third-order valence-corrected chi connectivity index (χ3v) is 2.46. The van der Waals surface area contributed by atoms with Crippen molar-refractivity contribution in [3.63, 3.8) is 0 Å². The molecule has 0 aromatic carbocycles.